The van der Waals surface area contributed by atoms with Gasteiger partial charge in [-0.2, -0.15) is 0 Å². The predicted molar refractivity (Wildman–Crippen MR) is 62.9 cm³/mol. The molecule has 0 bridgehead atoms. The molecule has 0 heterocycles. The third kappa shape index (κ3) is 2.65. The molecular formula is C12H7Cl2FO. The van der Waals surface area contributed by atoms with Crippen molar-refractivity contribution in [3.8, 4) is 11.5 Å². The second-order valence-corrected chi connectivity index (χ2v) is 3.98. The van der Waals surface area contributed by atoms with E-state index in [2.05, 4.69) is 0 Å². The van der Waals surface area contributed by atoms with E-state index in [9.17, 15) is 4.39 Å². The maximum Gasteiger partial charge on any atom is 0.148 e. The van der Waals surface area contributed by atoms with Crippen LogP contribution in [0.15, 0.2) is 42.5 Å². The predicted octanol–water partition coefficient (Wildman–Crippen LogP) is 4.92. The molecule has 0 fully saturated rings. The van der Waals surface area contributed by atoms with Crippen LogP contribution in [0.4, 0.5) is 4.39 Å². The molecule has 0 saturated carbocycles. The molecule has 0 N–H and O–H groups in total. The summed E-state index contributed by atoms with van der Waals surface area (Å²) in [6.45, 7) is 0. The molecular weight excluding hydrogens is 250 g/mol. The van der Waals surface area contributed by atoms with E-state index in [1.165, 1.54) is 18.2 Å². The summed E-state index contributed by atoms with van der Waals surface area (Å²) in [4.78, 5) is 0. The zero-order valence-corrected chi connectivity index (χ0v) is 9.60. The first-order chi connectivity index (χ1) is 7.65. The normalized spacial score (nSPS) is 10.2. The van der Waals surface area contributed by atoms with Gasteiger partial charge in [0.05, 0.1) is 5.02 Å². The van der Waals surface area contributed by atoms with Crippen LogP contribution in [0, 0.1) is 5.82 Å². The maximum atomic E-state index is 13.0. The van der Waals surface area contributed by atoms with E-state index in [1.807, 2.05) is 0 Å². The van der Waals surface area contributed by atoms with E-state index in [0.717, 1.165) is 0 Å². The molecule has 0 spiro atoms. The van der Waals surface area contributed by atoms with Gasteiger partial charge in [0.15, 0.2) is 0 Å². The van der Waals surface area contributed by atoms with Gasteiger partial charge >= 0.3 is 0 Å². The molecule has 16 heavy (non-hydrogen) atoms. The standard InChI is InChI=1S/C12H7Cl2FO/c13-8-2-1-3-10(6-8)16-12-7-9(15)4-5-11(12)14/h1-7H. The summed E-state index contributed by atoms with van der Waals surface area (Å²) in [5, 5.41) is 0.895. The molecule has 4 heteroatoms. The van der Waals surface area contributed by atoms with E-state index >= 15 is 0 Å². The topological polar surface area (TPSA) is 9.23 Å². The van der Waals surface area contributed by atoms with E-state index in [4.69, 9.17) is 27.9 Å². The Morgan fingerprint density at radius 3 is 2.56 bits per heavy atom. The molecule has 0 amide bonds. The fourth-order valence-electron chi connectivity index (χ4n) is 1.21. The molecule has 1 nitrogen and oxygen atoms in total. The van der Waals surface area contributed by atoms with Crippen molar-refractivity contribution in [1.82, 2.24) is 0 Å². The van der Waals surface area contributed by atoms with Gasteiger partial charge in [0.25, 0.3) is 0 Å². The average Bonchev–Trinajstić information content (AvgIpc) is 2.24. The first kappa shape index (κ1) is 11.2. The summed E-state index contributed by atoms with van der Waals surface area (Å²) in [6, 6.07) is 10.7. The van der Waals surface area contributed by atoms with E-state index < -0.39 is 5.82 Å². The van der Waals surface area contributed by atoms with Crippen molar-refractivity contribution >= 4 is 23.2 Å². The first-order valence-corrected chi connectivity index (χ1v) is 5.29. The molecule has 0 unspecified atom stereocenters. The second kappa shape index (κ2) is 4.73. The van der Waals surface area contributed by atoms with Crippen LogP contribution in [0.2, 0.25) is 10.0 Å². The second-order valence-electron chi connectivity index (χ2n) is 3.13. The summed E-state index contributed by atoms with van der Waals surface area (Å²) in [5.74, 6) is 0.380. The average molecular weight is 257 g/mol. The van der Waals surface area contributed by atoms with Crippen LogP contribution >= 0.6 is 23.2 Å². The Bertz CT molecular complexity index is 514. The maximum absolute atomic E-state index is 13.0. The molecule has 0 aliphatic rings. The largest absolute Gasteiger partial charge is 0.456 e. The molecule has 82 valence electrons. The van der Waals surface area contributed by atoms with Gasteiger partial charge in [0, 0.05) is 11.1 Å². The Morgan fingerprint density at radius 1 is 1.00 bits per heavy atom. The van der Waals surface area contributed by atoms with Crippen molar-refractivity contribution < 1.29 is 9.13 Å². The molecule has 0 aliphatic heterocycles. The van der Waals surface area contributed by atoms with E-state index in [1.54, 1.807) is 24.3 Å². The lowest BCUT2D eigenvalue weighted by Crippen LogP contribution is -1.86. The van der Waals surface area contributed by atoms with Crippen molar-refractivity contribution in [3.63, 3.8) is 0 Å². The zero-order chi connectivity index (χ0) is 11.5. The van der Waals surface area contributed by atoms with Gasteiger partial charge in [-0.3, -0.25) is 0 Å². The number of rotatable bonds is 2. The zero-order valence-electron chi connectivity index (χ0n) is 8.08. The highest BCUT2D eigenvalue weighted by atomic mass is 35.5. The van der Waals surface area contributed by atoms with Gasteiger partial charge in [-0.25, -0.2) is 4.39 Å². The fourth-order valence-corrected chi connectivity index (χ4v) is 1.55. The van der Waals surface area contributed by atoms with Crippen LogP contribution in [0.25, 0.3) is 0 Å². The Balaban J connectivity index is 2.30. The highest BCUT2D eigenvalue weighted by Crippen LogP contribution is 2.30. The Kier molecular flexibility index (Phi) is 3.32. The molecule has 0 aliphatic carbocycles. The summed E-state index contributed by atoms with van der Waals surface area (Å²) >= 11 is 11.7. The van der Waals surface area contributed by atoms with Gasteiger partial charge in [-0.15, -0.1) is 0 Å². The van der Waals surface area contributed by atoms with Crippen molar-refractivity contribution in [2.24, 2.45) is 0 Å². The minimum atomic E-state index is -0.401. The minimum Gasteiger partial charge on any atom is -0.456 e. The summed E-state index contributed by atoms with van der Waals surface area (Å²) in [5.41, 5.74) is 0. The molecule has 0 radical (unpaired) electrons. The lowest BCUT2D eigenvalue weighted by atomic mass is 10.3. The van der Waals surface area contributed by atoms with Crippen molar-refractivity contribution in [2.45, 2.75) is 0 Å². The van der Waals surface area contributed by atoms with E-state index in [-0.39, 0.29) is 5.75 Å². The van der Waals surface area contributed by atoms with Crippen LogP contribution in [-0.4, -0.2) is 0 Å². The van der Waals surface area contributed by atoms with Crippen LogP contribution < -0.4 is 4.74 Å². The van der Waals surface area contributed by atoms with Gasteiger partial charge in [-0.05, 0) is 30.3 Å². The SMILES string of the molecule is Fc1ccc(Cl)c(Oc2cccc(Cl)c2)c1. The monoisotopic (exact) mass is 256 g/mol. The lowest BCUT2D eigenvalue weighted by molar-refractivity contribution is 0.477. The number of halogens is 3. The molecule has 0 aromatic heterocycles. The Labute approximate surface area is 102 Å². The smallest absolute Gasteiger partial charge is 0.148 e. The summed E-state index contributed by atoms with van der Waals surface area (Å²) in [6.07, 6.45) is 0. The molecule has 0 saturated heterocycles. The highest BCUT2D eigenvalue weighted by Gasteiger charge is 2.04. The van der Waals surface area contributed by atoms with Crippen LogP contribution in [-0.2, 0) is 0 Å². The summed E-state index contributed by atoms with van der Waals surface area (Å²) < 4.78 is 18.4. The van der Waals surface area contributed by atoms with Gasteiger partial charge in [-0.1, -0.05) is 29.3 Å². The van der Waals surface area contributed by atoms with Gasteiger partial charge < -0.3 is 4.74 Å². The molecule has 2 rings (SSSR count). The van der Waals surface area contributed by atoms with Crippen molar-refractivity contribution in [1.29, 1.82) is 0 Å². The van der Waals surface area contributed by atoms with Gasteiger partial charge in [0.1, 0.15) is 17.3 Å². The third-order valence-corrected chi connectivity index (χ3v) is 2.46. The minimum absolute atomic E-state index is 0.268. The molecule has 2 aromatic carbocycles. The van der Waals surface area contributed by atoms with Gasteiger partial charge in [0.2, 0.25) is 0 Å². The Morgan fingerprint density at radius 2 is 1.81 bits per heavy atom. The van der Waals surface area contributed by atoms with Crippen molar-refractivity contribution in [2.75, 3.05) is 0 Å². The first-order valence-electron chi connectivity index (χ1n) is 4.53. The lowest BCUT2D eigenvalue weighted by Gasteiger charge is -2.07. The third-order valence-electron chi connectivity index (χ3n) is 1.92. The fraction of sp³-hybridized carbons (Fsp3) is 0. The number of hydrogen-bond donors (Lipinski definition) is 0. The van der Waals surface area contributed by atoms with Crippen LogP contribution in [0.1, 0.15) is 0 Å². The van der Waals surface area contributed by atoms with E-state index in [0.29, 0.717) is 15.8 Å². The molecule has 2 aromatic rings. The highest BCUT2D eigenvalue weighted by molar-refractivity contribution is 6.32. The van der Waals surface area contributed by atoms with Crippen molar-refractivity contribution in [3.05, 3.63) is 58.3 Å². The number of hydrogen-bond acceptors (Lipinski definition) is 1. The Hall–Kier alpha value is -1.25. The quantitative estimate of drug-likeness (QED) is 0.741. The number of ether oxygens (including phenoxy) is 1. The van der Waals surface area contributed by atoms with Crippen LogP contribution in [0.3, 0.4) is 0 Å². The van der Waals surface area contributed by atoms with Crippen LogP contribution in [0.5, 0.6) is 11.5 Å². The molecule has 0 atom stereocenters. The number of benzene rings is 2. The summed E-state index contributed by atoms with van der Waals surface area (Å²) in [7, 11) is 0.